The summed E-state index contributed by atoms with van der Waals surface area (Å²) < 4.78 is 46.6. The molecule has 0 saturated carbocycles. The van der Waals surface area contributed by atoms with Gasteiger partial charge in [-0.1, -0.05) is 6.07 Å². The van der Waals surface area contributed by atoms with Gasteiger partial charge in [0.1, 0.15) is 17.2 Å². The number of carbonyl (C=O) groups excluding carboxylic acids is 1. The molecule has 0 bridgehead atoms. The van der Waals surface area contributed by atoms with Crippen LogP contribution in [0.5, 0.6) is 5.75 Å². The van der Waals surface area contributed by atoms with E-state index in [2.05, 4.69) is 15.3 Å². The van der Waals surface area contributed by atoms with Gasteiger partial charge in [-0.2, -0.15) is 0 Å². The minimum absolute atomic E-state index is 0.101. The smallest absolute Gasteiger partial charge is 0.251 e. The number of rotatable bonds is 4. The van der Waals surface area contributed by atoms with Crippen molar-refractivity contribution in [1.29, 1.82) is 0 Å². The van der Waals surface area contributed by atoms with Crippen LogP contribution in [0.25, 0.3) is 11.4 Å². The largest absolute Gasteiger partial charge is 0.475 e. The molecule has 0 spiro atoms. The summed E-state index contributed by atoms with van der Waals surface area (Å²) in [7, 11) is 0. The molecule has 4 rings (SSSR count). The summed E-state index contributed by atoms with van der Waals surface area (Å²) in [4.78, 5) is 19.3. The molecule has 0 aliphatic carbocycles. The molecule has 8 heteroatoms. The summed E-state index contributed by atoms with van der Waals surface area (Å²) in [5, 5.41) is 2.79. The van der Waals surface area contributed by atoms with Gasteiger partial charge in [-0.05, 0) is 38.0 Å². The van der Waals surface area contributed by atoms with Crippen LogP contribution in [0, 0.1) is 17.5 Å². The standard InChI is InChI=1S/C21H18F3N3O2/c1-21(2,29-18-15(23)8-13(22)9-16(18)24)17-10-26-19(27-17)12-3-4-14-11(7-12)5-6-25-20(14)28/h3-4,7-10H,5-6H2,1-2H3,(H,25,28)(H,26,27). The van der Waals surface area contributed by atoms with Gasteiger partial charge in [0.25, 0.3) is 5.91 Å². The lowest BCUT2D eigenvalue weighted by atomic mass is 9.97. The van der Waals surface area contributed by atoms with Crippen molar-refractivity contribution < 1.29 is 22.7 Å². The first-order valence-electron chi connectivity index (χ1n) is 9.05. The Kier molecular flexibility index (Phi) is 4.56. The van der Waals surface area contributed by atoms with Gasteiger partial charge in [0.2, 0.25) is 0 Å². The fourth-order valence-electron chi connectivity index (χ4n) is 3.29. The van der Waals surface area contributed by atoms with E-state index in [9.17, 15) is 18.0 Å². The highest BCUT2D eigenvalue weighted by atomic mass is 19.1. The Morgan fingerprint density at radius 2 is 1.83 bits per heavy atom. The molecule has 150 valence electrons. The molecular weight excluding hydrogens is 383 g/mol. The zero-order chi connectivity index (χ0) is 20.8. The quantitative estimate of drug-likeness (QED) is 0.692. The van der Waals surface area contributed by atoms with Crippen molar-refractivity contribution in [3.63, 3.8) is 0 Å². The van der Waals surface area contributed by atoms with E-state index in [0.717, 1.165) is 17.5 Å². The number of hydrogen-bond donors (Lipinski definition) is 2. The van der Waals surface area contributed by atoms with Crippen molar-refractivity contribution in [2.75, 3.05) is 6.54 Å². The van der Waals surface area contributed by atoms with E-state index >= 15 is 0 Å². The number of aromatic amines is 1. The maximum atomic E-state index is 14.0. The van der Waals surface area contributed by atoms with Crippen LogP contribution in [0.4, 0.5) is 13.2 Å². The van der Waals surface area contributed by atoms with Gasteiger partial charge >= 0.3 is 0 Å². The number of imidazole rings is 1. The molecule has 2 aromatic carbocycles. The zero-order valence-corrected chi connectivity index (χ0v) is 15.8. The van der Waals surface area contributed by atoms with Crippen molar-refractivity contribution >= 4 is 5.91 Å². The Hall–Kier alpha value is -3.29. The Balaban J connectivity index is 1.62. The molecule has 0 radical (unpaired) electrons. The monoisotopic (exact) mass is 401 g/mol. The number of fused-ring (bicyclic) bond motifs is 1. The lowest BCUT2D eigenvalue weighted by Crippen LogP contribution is -2.31. The highest BCUT2D eigenvalue weighted by Gasteiger charge is 2.29. The van der Waals surface area contributed by atoms with Gasteiger partial charge in [-0.25, -0.2) is 18.2 Å². The molecule has 29 heavy (non-hydrogen) atoms. The minimum atomic E-state index is -1.17. The first-order valence-corrected chi connectivity index (χ1v) is 9.05. The van der Waals surface area contributed by atoms with Crippen LogP contribution < -0.4 is 10.1 Å². The summed E-state index contributed by atoms with van der Waals surface area (Å²) in [6, 6.07) is 6.54. The zero-order valence-electron chi connectivity index (χ0n) is 15.8. The van der Waals surface area contributed by atoms with E-state index in [1.54, 1.807) is 26.0 Å². The lowest BCUT2D eigenvalue weighted by Gasteiger charge is -2.25. The highest BCUT2D eigenvalue weighted by molar-refractivity contribution is 5.97. The van der Waals surface area contributed by atoms with Crippen LogP contribution in [0.1, 0.15) is 35.5 Å². The molecule has 2 N–H and O–H groups in total. The number of ether oxygens (including phenoxy) is 1. The Morgan fingerprint density at radius 3 is 2.55 bits per heavy atom. The fourth-order valence-corrected chi connectivity index (χ4v) is 3.29. The van der Waals surface area contributed by atoms with Crippen molar-refractivity contribution in [2.24, 2.45) is 0 Å². The summed E-state index contributed by atoms with van der Waals surface area (Å²) in [5.41, 5.74) is 1.65. The number of hydrogen-bond acceptors (Lipinski definition) is 3. The molecule has 1 aliphatic rings. The SMILES string of the molecule is CC(C)(Oc1c(F)cc(F)cc1F)c1cnc(-c2ccc3c(c2)CCNC3=O)[nH]1. The normalized spacial score (nSPS) is 13.8. The second-order valence-corrected chi connectivity index (χ2v) is 7.33. The first-order chi connectivity index (χ1) is 13.7. The molecule has 0 atom stereocenters. The molecule has 1 amide bonds. The topological polar surface area (TPSA) is 67.0 Å². The van der Waals surface area contributed by atoms with Crippen molar-refractivity contribution in [3.8, 4) is 17.1 Å². The Labute approximate surface area is 164 Å². The van der Waals surface area contributed by atoms with Gasteiger partial charge < -0.3 is 15.0 Å². The molecule has 1 aliphatic heterocycles. The van der Waals surface area contributed by atoms with Crippen molar-refractivity contribution in [2.45, 2.75) is 25.9 Å². The van der Waals surface area contributed by atoms with Crippen LogP contribution in [-0.4, -0.2) is 22.4 Å². The number of halogens is 3. The highest BCUT2D eigenvalue weighted by Crippen LogP contribution is 2.32. The summed E-state index contributed by atoms with van der Waals surface area (Å²) in [5.74, 6) is -3.49. The molecule has 5 nitrogen and oxygen atoms in total. The molecule has 2 heterocycles. The summed E-state index contributed by atoms with van der Waals surface area (Å²) in [6.07, 6.45) is 2.24. The molecule has 0 unspecified atom stereocenters. The van der Waals surface area contributed by atoms with Gasteiger partial charge in [0, 0.05) is 29.8 Å². The number of amides is 1. The van der Waals surface area contributed by atoms with Crippen LogP contribution >= 0.6 is 0 Å². The third-order valence-corrected chi connectivity index (χ3v) is 4.85. The van der Waals surface area contributed by atoms with Crippen LogP contribution in [0.15, 0.2) is 36.5 Å². The van der Waals surface area contributed by atoms with Gasteiger partial charge in [-0.3, -0.25) is 4.79 Å². The van der Waals surface area contributed by atoms with Gasteiger partial charge in [0.05, 0.1) is 11.9 Å². The second kappa shape index (κ2) is 6.95. The van der Waals surface area contributed by atoms with Gasteiger partial charge in [0.15, 0.2) is 17.4 Å². The fraction of sp³-hybridized carbons (Fsp3) is 0.238. The molecule has 3 aromatic rings. The number of aromatic nitrogens is 2. The van der Waals surface area contributed by atoms with Crippen LogP contribution in [0.2, 0.25) is 0 Å². The average molecular weight is 401 g/mol. The van der Waals surface area contributed by atoms with E-state index in [1.165, 1.54) is 6.20 Å². The third-order valence-electron chi connectivity index (χ3n) is 4.85. The van der Waals surface area contributed by atoms with E-state index in [0.29, 0.717) is 35.8 Å². The number of carbonyl (C=O) groups is 1. The lowest BCUT2D eigenvalue weighted by molar-refractivity contribution is 0.0919. The van der Waals surface area contributed by atoms with E-state index < -0.39 is 28.8 Å². The first kappa shape index (κ1) is 19.0. The number of nitrogens with one attached hydrogen (secondary N) is 2. The van der Waals surface area contributed by atoms with Crippen molar-refractivity contribution in [3.05, 3.63) is 70.8 Å². The van der Waals surface area contributed by atoms with E-state index in [-0.39, 0.29) is 5.91 Å². The van der Waals surface area contributed by atoms with Crippen LogP contribution in [-0.2, 0) is 12.0 Å². The third kappa shape index (κ3) is 3.57. The molecule has 1 aromatic heterocycles. The molecule has 0 saturated heterocycles. The van der Waals surface area contributed by atoms with Crippen LogP contribution in [0.3, 0.4) is 0 Å². The van der Waals surface area contributed by atoms with E-state index in [4.69, 9.17) is 4.74 Å². The maximum Gasteiger partial charge on any atom is 0.251 e. The van der Waals surface area contributed by atoms with E-state index in [1.807, 2.05) is 6.07 Å². The van der Waals surface area contributed by atoms with Gasteiger partial charge in [-0.15, -0.1) is 0 Å². The summed E-state index contributed by atoms with van der Waals surface area (Å²) >= 11 is 0. The summed E-state index contributed by atoms with van der Waals surface area (Å²) in [6.45, 7) is 3.81. The maximum absolute atomic E-state index is 14.0. The minimum Gasteiger partial charge on any atom is -0.475 e. The second-order valence-electron chi connectivity index (χ2n) is 7.33. The Morgan fingerprint density at radius 1 is 1.10 bits per heavy atom. The number of nitrogens with zero attached hydrogens (tertiary/aromatic N) is 1. The number of benzene rings is 2. The predicted molar refractivity (Wildman–Crippen MR) is 100 cm³/mol. The predicted octanol–water partition coefficient (Wildman–Crippen LogP) is 4.09. The average Bonchev–Trinajstić information content (AvgIpc) is 3.16. The number of H-pyrrole nitrogens is 1. The Bertz CT molecular complexity index is 1090. The molecular formula is C21H18F3N3O2. The van der Waals surface area contributed by atoms with Crippen molar-refractivity contribution in [1.82, 2.24) is 15.3 Å². The molecule has 0 fully saturated rings.